The number of benzene rings is 1. The van der Waals surface area contributed by atoms with E-state index < -0.39 is 0 Å². The van der Waals surface area contributed by atoms with Gasteiger partial charge in [0.2, 0.25) is 0 Å². The molecule has 0 radical (unpaired) electrons. The van der Waals surface area contributed by atoms with Crippen molar-refractivity contribution >= 4 is 5.82 Å². The van der Waals surface area contributed by atoms with Crippen molar-refractivity contribution in [2.45, 2.75) is 40.5 Å². The van der Waals surface area contributed by atoms with Gasteiger partial charge in [0.15, 0.2) is 5.82 Å². The smallest absolute Gasteiger partial charge is 0.162 e. The summed E-state index contributed by atoms with van der Waals surface area (Å²) in [5.74, 6) is 1.74. The van der Waals surface area contributed by atoms with Crippen LogP contribution in [0.5, 0.6) is 0 Å². The van der Waals surface area contributed by atoms with Gasteiger partial charge in [-0.3, -0.25) is 0 Å². The molecule has 0 aliphatic carbocycles. The molecule has 0 aliphatic heterocycles. The highest BCUT2D eigenvalue weighted by molar-refractivity contribution is 5.62. The lowest BCUT2D eigenvalue weighted by Gasteiger charge is -2.11. The third-order valence-corrected chi connectivity index (χ3v) is 3.32. The first-order valence-corrected chi connectivity index (χ1v) is 7.33. The molecule has 0 unspecified atom stereocenters. The largest absolute Gasteiger partial charge is 0.370 e. The summed E-state index contributed by atoms with van der Waals surface area (Å²) in [5, 5.41) is 3.36. The van der Waals surface area contributed by atoms with Crippen LogP contribution < -0.4 is 5.32 Å². The zero-order valence-electron chi connectivity index (χ0n) is 12.8. The second-order valence-corrected chi connectivity index (χ2v) is 5.17. The predicted molar refractivity (Wildman–Crippen MR) is 85.1 cm³/mol. The van der Waals surface area contributed by atoms with Crippen LogP contribution >= 0.6 is 0 Å². The number of aromatic nitrogens is 2. The van der Waals surface area contributed by atoms with Crippen molar-refractivity contribution < 1.29 is 0 Å². The summed E-state index contributed by atoms with van der Waals surface area (Å²) < 4.78 is 0. The minimum atomic E-state index is 0.820. The average Bonchev–Trinajstić information content (AvgIpc) is 2.44. The van der Waals surface area contributed by atoms with Crippen LogP contribution in [-0.4, -0.2) is 16.5 Å². The zero-order chi connectivity index (χ0) is 14.5. The molecule has 1 aromatic carbocycles. The summed E-state index contributed by atoms with van der Waals surface area (Å²) in [7, 11) is 0. The van der Waals surface area contributed by atoms with E-state index in [1.807, 2.05) is 6.07 Å². The molecule has 0 fully saturated rings. The summed E-state index contributed by atoms with van der Waals surface area (Å²) in [4.78, 5) is 9.33. The quantitative estimate of drug-likeness (QED) is 0.886. The van der Waals surface area contributed by atoms with Crippen molar-refractivity contribution in [1.82, 2.24) is 9.97 Å². The molecule has 3 heteroatoms. The Morgan fingerprint density at radius 3 is 2.50 bits per heavy atom. The number of hydrogen-bond acceptors (Lipinski definition) is 3. The standard InChI is InChI=1S/C17H23N3/c1-5-9-18-16-11-14(6-2)19-17(20-16)15-8-7-12(3)10-13(15)4/h7-8,10-11H,5-6,9H2,1-4H3,(H,18,19,20). The first-order valence-electron chi connectivity index (χ1n) is 7.33. The van der Waals surface area contributed by atoms with E-state index in [0.717, 1.165) is 42.3 Å². The minimum absolute atomic E-state index is 0.820. The molecule has 0 saturated heterocycles. The molecule has 1 aromatic heterocycles. The summed E-state index contributed by atoms with van der Waals surface area (Å²) in [6.45, 7) is 9.43. The number of aryl methyl sites for hydroxylation is 3. The van der Waals surface area contributed by atoms with Gasteiger partial charge in [-0.1, -0.05) is 37.6 Å². The molecule has 0 aliphatic rings. The van der Waals surface area contributed by atoms with Gasteiger partial charge >= 0.3 is 0 Å². The van der Waals surface area contributed by atoms with Crippen LogP contribution in [0.4, 0.5) is 5.82 Å². The summed E-state index contributed by atoms with van der Waals surface area (Å²) in [6, 6.07) is 8.45. The summed E-state index contributed by atoms with van der Waals surface area (Å²) in [5.41, 5.74) is 4.68. The van der Waals surface area contributed by atoms with Gasteiger partial charge < -0.3 is 5.32 Å². The highest BCUT2D eigenvalue weighted by Gasteiger charge is 2.08. The van der Waals surface area contributed by atoms with Gasteiger partial charge in [0, 0.05) is 23.9 Å². The Kier molecular flexibility index (Phi) is 4.72. The maximum Gasteiger partial charge on any atom is 0.162 e. The lowest BCUT2D eigenvalue weighted by molar-refractivity contribution is 0.951. The molecule has 0 amide bonds. The van der Waals surface area contributed by atoms with Crippen LogP contribution in [0.2, 0.25) is 0 Å². The second-order valence-electron chi connectivity index (χ2n) is 5.17. The van der Waals surface area contributed by atoms with Crippen molar-refractivity contribution in [1.29, 1.82) is 0 Å². The maximum absolute atomic E-state index is 4.67. The molecule has 2 rings (SSSR count). The van der Waals surface area contributed by atoms with Gasteiger partial charge in [-0.25, -0.2) is 9.97 Å². The molecule has 106 valence electrons. The normalized spacial score (nSPS) is 10.6. The Morgan fingerprint density at radius 1 is 1.05 bits per heavy atom. The van der Waals surface area contributed by atoms with Gasteiger partial charge in [-0.15, -0.1) is 0 Å². The third-order valence-electron chi connectivity index (χ3n) is 3.32. The Hall–Kier alpha value is -1.90. The predicted octanol–water partition coefficient (Wildman–Crippen LogP) is 4.14. The topological polar surface area (TPSA) is 37.8 Å². The minimum Gasteiger partial charge on any atom is -0.370 e. The molecule has 3 nitrogen and oxygen atoms in total. The number of nitrogens with one attached hydrogen (secondary N) is 1. The summed E-state index contributed by atoms with van der Waals surface area (Å²) >= 11 is 0. The Morgan fingerprint density at radius 2 is 1.85 bits per heavy atom. The zero-order valence-corrected chi connectivity index (χ0v) is 12.8. The van der Waals surface area contributed by atoms with Gasteiger partial charge in [0.1, 0.15) is 5.82 Å². The number of nitrogens with zero attached hydrogens (tertiary/aromatic N) is 2. The fraction of sp³-hybridized carbons (Fsp3) is 0.412. The van der Waals surface area contributed by atoms with E-state index >= 15 is 0 Å². The lowest BCUT2D eigenvalue weighted by atomic mass is 10.1. The Labute approximate surface area is 121 Å². The average molecular weight is 269 g/mol. The molecule has 0 saturated carbocycles. The van der Waals surface area contributed by atoms with Crippen LogP contribution in [0.15, 0.2) is 24.3 Å². The van der Waals surface area contributed by atoms with Crippen LogP contribution in [0.25, 0.3) is 11.4 Å². The number of anilines is 1. The summed E-state index contributed by atoms with van der Waals surface area (Å²) in [6.07, 6.45) is 2.01. The van der Waals surface area contributed by atoms with Gasteiger partial charge in [0.05, 0.1) is 0 Å². The lowest BCUT2D eigenvalue weighted by Crippen LogP contribution is -2.05. The second kappa shape index (κ2) is 6.51. The van der Waals surface area contributed by atoms with Crippen molar-refractivity contribution in [3.05, 3.63) is 41.1 Å². The molecule has 1 heterocycles. The first kappa shape index (κ1) is 14.5. The van der Waals surface area contributed by atoms with Crippen LogP contribution in [0.3, 0.4) is 0 Å². The van der Waals surface area contributed by atoms with Crippen LogP contribution in [0.1, 0.15) is 37.1 Å². The number of rotatable bonds is 5. The third kappa shape index (κ3) is 3.35. The van der Waals surface area contributed by atoms with E-state index in [9.17, 15) is 0 Å². The molecule has 2 aromatic rings. The molecule has 1 N–H and O–H groups in total. The van der Waals surface area contributed by atoms with Gasteiger partial charge in [-0.05, 0) is 32.3 Å². The molecule has 0 bridgehead atoms. The Bertz CT molecular complexity index is 591. The van der Waals surface area contributed by atoms with Gasteiger partial charge in [0.25, 0.3) is 0 Å². The van der Waals surface area contributed by atoms with E-state index in [4.69, 9.17) is 0 Å². The van der Waals surface area contributed by atoms with E-state index in [1.54, 1.807) is 0 Å². The highest BCUT2D eigenvalue weighted by Crippen LogP contribution is 2.23. The molecule has 20 heavy (non-hydrogen) atoms. The van der Waals surface area contributed by atoms with Crippen molar-refractivity contribution in [3.63, 3.8) is 0 Å². The highest BCUT2D eigenvalue weighted by atomic mass is 15.0. The van der Waals surface area contributed by atoms with E-state index in [-0.39, 0.29) is 0 Å². The fourth-order valence-electron chi connectivity index (χ4n) is 2.21. The maximum atomic E-state index is 4.67. The molecular formula is C17H23N3. The van der Waals surface area contributed by atoms with Crippen molar-refractivity contribution in [2.24, 2.45) is 0 Å². The monoisotopic (exact) mass is 269 g/mol. The fourth-order valence-corrected chi connectivity index (χ4v) is 2.21. The number of hydrogen-bond donors (Lipinski definition) is 1. The van der Waals surface area contributed by atoms with Crippen molar-refractivity contribution in [3.8, 4) is 11.4 Å². The van der Waals surface area contributed by atoms with E-state index in [0.29, 0.717) is 0 Å². The molecular weight excluding hydrogens is 246 g/mol. The molecule has 0 atom stereocenters. The SMILES string of the molecule is CCCNc1cc(CC)nc(-c2ccc(C)cc2C)n1. The Balaban J connectivity index is 2.44. The molecule has 0 spiro atoms. The van der Waals surface area contributed by atoms with Crippen LogP contribution in [0, 0.1) is 13.8 Å². The van der Waals surface area contributed by atoms with E-state index in [2.05, 4.69) is 61.2 Å². The van der Waals surface area contributed by atoms with E-state index in [1.165, 1.54) is 11.1 Å². The van der Waals surface area contributed by atoms with Gasteiger partial charge in [-0.2, -0.15) is 0 Å². The first-order chi connectivity index (χ1) is 9.63. The van der Waals surface area contributed by atoms with Crippen molar-refractivity contribution in [2.75, 3.05) is 11.9 Å². The van der Waals surface area contributed by atoms with Crippen LogP contribution in [-0.2, 0) is 6.42 Å².